The van der Waals surface area contributed by atoms with Crippen LogP contribution in [0.15, 0.2) is 51.5 Å². The number of nitro groups is 1. The van der Waals surface area contributed by atoms with E-state index in [4.69, 9.17) is 8.83 Å². The van der Waals surface area contributed by atoms with Crippen LogP contribution in [0.25, 0.3) is 11.7 Å². The van der Waals surface area contributed by atoms with Gasteiger partial charge in [0.05, 0.1) is 17.7 Å². The minimum Gasteiger partial charge on any atom is -0.459 e. The molecule has 0 saturated heterocycles. The topological polar surface area (TPSA) is 98.4 Å². The van der Waals surface area contributed by atoms with Gasteiger partial charge < -0.3 is 8.83 Å². The van der Waals surface area contributed by atoms with Crippen LogP contribution in [0.5, 0.6) is 0 Å². The van der Waals surface area contributed by atoms with Crippen molar-refractivity contribution < 1.29 is 13.8 Å². The fourth-order valence-electron chi connectivity index (χ4n) is 2.32. The van der Waals surface area contributed by atoms with E-state index in [1.165, 1.54) is 12.3 Å². The highest BCUT2D eigenvalue weighted by atomic mass is 16.6. The van der Waals surface area contributed by atoms with E-state index in [0.29, 0.717) is 24.1 Å². The lowest BCUT2D eigenvalue weighted by Crippen LogP contribution is -2.22. The van der Waals surface area contributed by atoms with Crippen LogP contribution >= 0.6 is 0 Å². The van der Waals surface area contributed by atoms with Gasteiger partial charge in [-0.05, 0) is 31.7 Å². The van der Waals surface area contributed by atoms with E-state index >= 15 is 0 Å². The van der Waals surface area contributed by atoms with Crippen molar-refractivity contribution in [3.63, 3.8) is 0 Å². The lowest BCUT2D eigenvalue weighted by molar-refractivity contribution is -0.384. The van der Waals surface area contributed by atoms with Crippen LogP contribution < -0.4 is 0 Å². The first-order chi connectivity index (χ1) is 11.5. The summed E-state index contributed by atoms with van der Waals surface area (Å²) in [5.41, 5.74) is 0.920. The average Bonchev–Trinajstić information content (AvgIpc) is 3.25. The molecule has 0 N–H and O–H groups in total. The van der Waals surface area contributed by atoms with Crippen LogP contribution in [0.2, 0.25) is 0 Å². The Bertz CT molecular complexity index is 828. The van der Waals surface area contributed by atoms with Gasteiger partial charge >= 0.3 is 0 Å². The number of furan rings is 1. The Hall–Kier alpha value is -3.00. The van der Waals surface area contributed by atoms with Gasteiger partial charge in [0.15, 0.2) is 5.76 Å². The highest BCUT2D eigenvalue weighted by Crippen LogP contribution is 2.25. The Morgan fingerprint density at radius 1 is 1.29 bits per heavy atom. The van der Waals surface area contributed by atoms with E-state index in [9.17, 15) is 10.1 Å². The van der Waals surface area contributed by atoms with Gasteiger partial charge in [-0.2, -0.15) is 0 Å². The standard InChI is InChI=1S/C16H16N4O4/c1-11(12-5-3-6-13(9-12)20(21)22)19(2)10-15-17-18-16(24-15)14-7-4-8-23-14/h3-9,11H,10H2,1-2H3/t11-/m1/s1. The van der Waals surface area contributed by atoms with Crippen molar-refractivity contribution in [2.45, 2.75) is 19.5 Å². The van der Waals surface area contributed by atoms with E-state index in [-0.39, 0.29) is 11.7 Å². The van der Waals surface area contributed by atoms with Gasteiger partial charge in [-0.1, -0.05) is 12.1 Å². The smallest absolute Gasteiger partial charge is 0.283 e. The number of rotatable bonds is 6. The van der Waals surface area contributed by atoms with Crippen LogP contribution in [0.4, 0.5) is 5.69 Å². The summed E-state index contributed by atoms with van der Waals surface area (Å²) >= 11 is 0. The van der Waals surface area contributed by atoms with E-state index in [1.807, 2.05) is 24.9 Å². The molecule has 124 valence electrons. The van der Waals surface area contributed by atoms with Crippen LogP contribution in [-0.2, 0) is 6.54 Å². The third-order valence-electron chi connectivity index (χ3n) is 3.81. The molecule has 0 saturated carbocycles. The number of benzene rings is 1. The summed E-state index contributed by atoms with van der Waals surface area (Å²) < 4.78 is 10.8. The van der Waals surface area contributed by atoms with Gasteiger partial charge in [0, 0.05) is 18.2 Å². The predicted octanol–water partition coefficient (Wildman–Crippen LogP) is 3.43. The first-order valence-corrected chi connectivity index (χ1v) is 7.35. The zero-order valence-corrected chi connectivity index (χ0v) is 13.2. The second-order valence-electron chi connectivity index (χ2n) is 5.42. The summed E-state index contributed by atoms with van der Waals surface area (Å²) in [6.45, 7) is 2.38. The minimum absolute atomic E-state index is 0.0520. The molecule has 1 atom stereocenters. The van der Waals surface area contributed by atoms with Gasteiger partial charge in [-0.3, -0.25) is 15.0 Å². The lowest BCUT2D eigenvalue weighted by Gasteiger charge is -2.23. The van der Waals surface area contributed by atoms with Gasteiger partial charge in [0.1, 0.15) is 0 Å². The molecule has 1 aromatic carbocycles. The quantitative estimate of drug-likeness (QED) is 0.505. The number of hydrogen-bond acceptors (Lipinski definition) is 7. The maximum Gasteiger partial charge on any atom is 0.283 e. The molecule has 3 aromatic rings. The Balaban J connectivity index is 1.71. The Labute approximate surface area is 137 Å². The van der Waals surface area contributed by atoms with Crippen LogP contribution in [0.3, 0.4) is 0 Å². The first kappa shape index (κ1) is 15.9. The molecule has 2 heterocycles. The summed E-state index contributed by atoms with van der Waals surface area (Å²) in [5.74, 6) is 1.29. The van der Waals surface area contributed by atoms with Crippen LogP contribution in [-0.4, -0.2) is 27.1 Å². The molecule has 0 fully saturated rings. The number of nitrogens with zero attached hydrogens (tertiary/aromatic N) is 4. The van der Waals surface area contributed by atoms with E-state index < -0.39 is 4.92 Å². The van der Waals surface area contributed by atoms with Gasteiger partial charge in [0.25, 0.3) is 11.6 Å². The first-order valence-electron chi connectivity index (χ1n) is 7.35. The van der Waals surface area contributed by atoms with Crippen molar-refractivity contribution >= 4 is 5.69 Å². The molecule has 0 aliphatic heterocycles. The number of nitro benzene ring substituents is 1. The molecule has 8 heteroatoms. The Morgan fingerprint density at radius 3 is 2.83 bits per heavy atom. The van der Waals surface area contributed by atoms with Crippen molar-refractivity contribution in [2.75, 3.05) is 7.05 Å². The molecule has 3 rings (SSSR count). The van der Waals surface area contributed by atoms with E-state index in [1.54, 1.807) is 24.3 Å². The fourth-order valence-corrected chi connectivity index (χ4v) is 2.32. The van der Waals surface area contributed by atoms with Crippen molar-refractivity contribution in [3.05, 3.63) is 64.2 Å². The summed E-state index contributed by atoms with van der Waals surface area (Å²) in [7, 11) is 1.89. The van der Waals surface area contributed by atoms with Crippen molar-refractivity contribution in [1.82, 2.24) is 15.1 Å². The Kier molecular flexibility index (Phi) is 4.39. The molecule has 0 amide bonds. The van der Waals surface area contributed by atoms with Crippen molar-refractivity contribution in [2.24, 2.45) is 0 Å². The van der Waals surface area contributed by atoms with Crippen LogP contribution in [0, 0.1) is 10.1 Å². The fraction of sp³-hybridized carbons (Fsp3) is 0.250. The zero-order valence-electron chi connectivity index (χ0n) is 13.2. The highest BCUT2D eigenvalue weighted by molar-refractivity contribution is 5.42. The maximum absolute atomic E-state index is 10.9. The molecule has 2 aromatic heterocycles. The van der Waals surface area contributed by atoms with Gasteiger partial charge in [0.2, 0.25) is 5.89 Å². The summed E-state index contributed by atoms with van der Waals surface area (Å²) in [6, 6.07) is 10.0. The van der Waals surface area contributed by atoms with Gasteiger partial charge in [-0.15, -0.1) is 10.2 Å². The monoisotopic (exact) mass is 328 g/mol. The van der Waals surface area contributed by atoms with Crippen molar-refractivity contribution in [1.29, 1.82) is 0 Å². The third-order valence-corrected chi connectivity index (χ3v) is 3.81. The number of aromatic nitrogens is 2. The minimum atomic E-state index is -0.399. The van der Waals surface area contributed by atoms with E-state index in [2.05, 4.69) is 10.2 Å². The molecule has 0 unspecified atom stereocenters. The molecule has 24 heavy (non-hydrogen) atoms. The molecular formula is C16H16N4O4. The molecule has 0 spiro atoms. The Morgan fingerprint density at radius 2 is 2.12 bits per heavy atom. The summed E-state index contributed by atoms with van der Waals surface area (Å²) in [4.78, 5) is 12.5. The molecule has 0 aliphatic carbocycles. The highest BCUT2D eigenvalue weighted by Gasteiger charge is 2.18. The second-order valence-corrected chi connectivity index (χ2v) is 5.42. The average molecular weight is 328 g/mol. The third kappa shape index (κ3) is 3.33. The molecule has 8 nitrogen and oxygen atoms in total. The zero-order chi connectivity index (χ0) is 17.1. The molecule has 0 aliphatic rings. The SMILES string of the molecule is C[C@H](c1cccc([N+](=O)[O-])c1)N(C)Cc1nnc(-c2ccco2)o1. The summed E-state index contributed by atoms with van der Waals surface area (Å²) in [6.07, 6.45) is 1.54. The lowest BCUT2D eigenvalue weighted by atomic mass is 10.1. The predicted molar refractivity (Wildman–Crippen MR) is 85.0 cm³/mol. The normalized spacial score (nSPS) is 12.5. The largest absolute Gasteiger partial charge is 0.459 e. The summed E-state index contributed by atoms with van der Waals surface area (Å²) in [5, 5.41) is 18.9. The van der Waals surface area contributed by atoms with Crippen LogP contribution in [0.1, 0.15) is 24.4 Å². The second kappa shape index (κ2) is 6.63. The maximum atomic E-state index is 10.9. The molecule has 0 radical (unpaired) electrons. The van der Waals surface area contributed by atoms with Gasteiger partial charge in [-0.25, -0.2) is 0 Å². The molecule has 0 bridgehead atoms. The number of non-ortho nitro benzene ring substituents is 1. The van der Waals surface area contributed by atoms with E-state index in [0.717, 1.165) is 5.56 Å². The molecular weight excluding hydrogens is 312 g/mol. The van der Waals surface area contributed by atoms with Crippen molar-refractivity contribution in [3.8, 4) is 11.7 Å². The number of hydrogen-bond donors (Lipinski definition) is 0.